The highest BCUT2D eigenvalue weighted by atomic mass is 16.5. The maximum Gasteiger partial charge on any atom is 0.317 e. The molecule has 0 saturated heterocycles. The predicted octanol–water partition coefficient (Wildman–Crippen LogP) is -0.131. The lowest BCUT2D eigenvalue weighted by Gasteiger charge is -2.20. The molecule has 0 spiro atoms. The first-order valence-electron chi connectivity index (χ1n) is 2.61. The van der Waals surface area contributed by atoms with Crippen LogP contribution in [0.4, 0.5) is 4.79 Å². The third-order valence-corrected chi connectivity index (χ3v) is 1.06. The van der Waals surface area contributed by atoms with Crippen molar-refractivity contribution in [2.24, 2.45) is 5.73 Å². The molecule has 50 valence electrons. The van der Waals surface area contributed by atoms with Crippen LogP contribution >= 0.6 is 0 Å². The molecule has 0 aromatic carbocycles. The Morgan fingerprint density at radius 2 is 2.56 bits per heavy atom. The number of urea groups is 1. The molecular weight excluding hydrogens is 120 g/mol. The second-order valence-electron chi connectivity index (χ2n) is 1.73. The summed E-state index contributed by atoms with van der Waals surface area (Å²) in [6, 6.07) is -0.445. The summed E-state index contributed by atoms with van der Waals surface area (Å²) in [6.45, 7) is 0.821. The molecule has 2 amide bonds. The number of primary amides is 1. The number of ether oxygens (including phenoxy) is 1. The second kappa shape index (κ2) is 2.39. The maximum atomic E-state index is 10.4. The van der Waals surface area contributed by atoms with Crippen molar-refractivity contribution in [1.82, 2.24) is 4.90 Å². The third kappa shape index (κ3) is 1.35. The summed E-state index contributed by atoms with van der Waals surface area (Å²) >= 11 is 0. The van der Waals surface area contributed by atoms with Gasteiger partial charge in [0.1, 0.15) is 0 Å². The number of carbonyl (C=O) groups is 1. The Kier molecular flexibility index (Phi) is 1.58. The molecule has 0 fully saturated rings. The average molecular weight is 128 g/mol. The first kappa shape index (κ1) is 5.94. The van der Waals surface area contributed by atoms with Gasteiger partial charge in [-0.2, -0.15) is 0 Å². The second-order valence-corrected chi connectivity index (χ2v) is 1.73. The lowest BCUT2D eigenvalue weighted by Crippen LogP contribution is -2.38. The molecule has 0 aliphatic carbocycles. The Morgan fingerprint density at radius 1 is 1.78 bits per heavy atom. The number of nitrogens with zero attached hydrogens (tertiary/aromatic N) is 1. The molecule has 2 N–H and O–H groups in total. The van der Waals surface area contributed by atoms with Gasteiger partial charge in [-0.05, 0) is 6.08 Å². The molecule has 1 rings (SSSR count). The lowest BCUT2D eigenvalue weighted by atomic mass is 10.5. The number of rotatable bonds is 0. The molecule has 0 saturated carbocycles. The summed E-state index contributed by atoms with van der Waals surface area (Å²) in [5, 5.41) is 0. The molecular formula is C5H8N2O2. The Hall–Kier alpha value is -1.19. The predicted molar refractivity (Wildman–Crippen MR) is 31.4 cm³/mol. The number of carbonyl (C=O) groups excluding carboxylic acids is 1. The SMILES string of the molecule is NC(=O)N1CC=COC1. The molecule has 0 bridgehead atoms. The van der Waals surface area contributed by atoms with Gasteiger partial charge in [-0.3, -0.25) is 4.90 Å². The Bertz CT molecular complexity index is 144. The molecule has 0 atom stereocenters. The van der Waals surface area contributed by atoms with Crippen molar-refractivity contribution in [1.29, 1.82) is 0 Å². The van der Waals surface area contributed by atoms with Gasteiger partial charge < -0.3 is 10.5 Å². The van der Waals surface area contributed by atoms with Crippen molar-refractivity contribution >= 4 is 6.03 Å². The fourth-order valence-corrected chi connectivity index (χ4v) is 0.578. The molecule has 1 heterocycles. The number of nitrogens with two attached hydrogens (primary N) is 1. The van der Waals surface area contributed by atoms with Crippen LogP contribution in [0.25, 0.3) is 0 Å². The van der Waals surface area contributed by atoms with Gasteiger partial charge in [0.05, 0.1) is 6.26 Å². The Morgan fingerprint density at radius 3 is 2.89 bits per heavy atom. The highest BCUT2D eigenvalue weighted by Gasteiger charge is 2.08. The Balaban J connectivity index is 2.44. The van der Waals surface area contributed by atoms with Gasteiger partial charge in [0.25, 0.3) is 0 Å². The van der Waals surface area contributed by atoms with Gasteiger partial charge in [0.15, 0.2) is 6.73 Å². The first-order chi connectivity index (χ1) is 4.30. The van der Waals surface area contributed by atoms with E-state index in [1.807, 2.05) is 0 Å². The van der Waals surface area contributed by atoms with E-state index in [-0.39, 0.29) is 6.73 Å². The summed E-state index contributed by atoms with van der Waals surface area (Å²) in [4.78, 5) is 11.8. The van der Waals surface area contributed by atoms with E-state index in [9.17, 15) is 4.79 Å². The smallest absolute Gasteiger partial charge is 0.317 e. The van der Waals surface area contributed by atoms with Crippen LogP contribution < -0.4 is 5.73 Å². The molecule has 0 aromatic rings. The van der Waals surface area contributed by atoms with Gasteiger partial charge in [-0.15, -0.1) is 0 Å². The van der Waals surface area contributed by atoms with Gasteiger partial charge >= 0.3 is 6.03 Å². The van der Waals surface area contributed by atoms with Crippen LogP contribution in [-0.4, -0.2) is 24.2 Å². The van der Waals surface area contributed by atoms with Crippen LogP contribution in [0.15, 0.2) is 12.3 Å². The van der Waals surface area contributed by atoms with E-state index in [0.29, 0.717) is 6.54 Å². The van der Waals surface area contributed by atoms with Gasteiger partial charge in [-0.25, -0.2) is 4.79 Å². The van der Waals surface area contributed by atoms with Crippen LogP contribution in [0.1, 0.15) is 0 Å². The van der Waals surface area contributed by atoms with Crippen molar-refractivity contribution in [3.8, 4) is 0 Å². The van der Waals surface area contributed by atoms with Gasteiger partial charge in [0, 0.05) is 6.54 Å². The zero-order chi connectivity index (χ0) is 6.69. The number of hydrogen-bond donors (Lipinski definition) is 1. The van der Waals surface area contributed by atoms with Crippen LogP contribution in [0, 0.1) is 0 Å². The molecule has 4 heteroatoms. The lowest BCUT2D eigenvalue weighted by molar-refractivity contribution is 0.106. The van der Waals surface area contributed by atoms with Crippen LogP contribution in [0.3, 0.4) is 0 Å². The molecule has 9 heavy (non-hydrogen) atoms. The van der Waals surface area contributed by atoms with Crippen molar-refractivity contribution in [2.45, 2.75) is 0 Å². The van der Waals surface area contributed by atoms with E-state index >= 15 is 0 Å². The van der Waals surface area contributed by atoms with E-state index in [0.717, 1.165) is 0 Å². The molecule has 4 nitrogen and oxygen atoms in total. The average Bonchev–Trinajstić information content (AvgIpc) is 1.90. The zero-order valence-corrected chi connectivity index (χ0v) is 4.91. The largest absolute Gasteiger partial charge is 0.481 e. The summed E-state index contributed by atoms with van der Waals surface area (Å²) in [5.41, 5.74) is 4.94. The summed E-state index contributed by atoms with van der Waals surface area (Å²) in [7, 11) is 0. The third-order valence-electron chi connectivity index (χ3n) is 1.06. The highest BCUT2D eigenvalue weighted by Crippen LogP contribution is 1.95. The van der Waals surface area contributed by atoms with Crippen LogP contribution in [-0.2, 0) is 4.74 Å². The van der Waals surface area contributed by atoms with Crippen molar-refractivity contribution in [3.05, 3.63) is 12.3 Å². The molecule has 0 radical (unpaired) electrons. The Labute approximate surface area is 52.9 Å². The molecule has 1 aliphatic rings. The number of hydrogen-bond acceptors (Lipinski definition) is 2. The van der Waals surface area contributed by atoms with Crippen LogP contribution in [0.5, 0.6) is 0 Å². The van der Waals surface area contributed by atoms with E-state index in [1.165, 1.54) is 4.90 Å². The fraction of sp³-hybridized carbons (Fsp3) is 0.400. The first-order valence-corrected chi connectivity index (χ1v) is 2.61. The summed E-state index contributed by atoms with van der Waals surface area (Å²) in [5.74, 6) is 0. The van der Waals surface area contributed by atoms with Gasteiger partial charge in [-0.1, -0.05) is 0 Å². The van der Waals surface area contributed by atoms with Crippen LogP contribution in [0.2, 0.25) is 0 Å². The zero-order valence-electron chi connectivity index (χ0n) is 4.91. The van der Waals surface area contributed by atoms with Crippen molar-refractivity contribution in [3.63, 3.8) is 0 Å². The topological polar surface area (TPSA) is 55.6 Å². The van der Waals surface area contributed by atoms with E-state index in [2.05, 4.69) is 0 Å². The fourth-order valence-electron chi connectivity index (χ4n) is 0.578. The monoisotopic (exact) mass is 128 g/mol. The minimum absolute atomic E-state index is 0.270. The molecule has 0 aromatic heterocycles. The quantitative estimate of drug-likeness (QED) is 0.494. The van der Waals surface area contributed by atoms with Crippen molar-refractivity contribution < 1.29 is 9.53 Å². The maximum absolute atomic E-state index is 10.4. The number of amides is 2. The molecule has 0 unspecified atom stereocenters. The normalized spacial score (nSPS) is 17.1. The van der Waals surface area contributed by atoms with Gasteiger partial charge in [0.2, 0.25) is 0 Å². The standard InChI is InChI=1S/C5H8N2O2/c6-5(8)7-2-1-3-9-4-7/h1,3H,2,4H2,(H2,6,8). The summed E-state index contributed by atoms with van der Waals surface area (Å²) < 4.78 is 4.79. The highest BCUT2D eigenvalue weighted by molar-refractivity contribution is 5.72. The van der Waals surface area contributed by atoms with E-state index < -0.39 is 6.03 Å². The summed E-state index contributed by atoms with van der Waals surface area (Å²) in [6.07, 6.45) is 3.29. The molecule has 1 aliphatic heterocycles. The minimum Gasteiger partial charge on any atom is -0.481 e. The van der Waals surface area contributed by atoms with Crippen molar-refractivity contribution in [2.75, 3.05) is 13.3 Å². The van der Waals surface area contributed by atoms with E-state index in [4.69, 9.17) is 10.5 Å². The van der Waals surface area contributed by atoms with E-state index in [1.54, 1.807) is 12.3 Å². The minimum atomic E-state index is -0.445.